The van der Waals surface area contributed by atoms with E-state index in [1.165, 1.54) is 11.9 Å². The first-order valence-corrected chi connectivity index (χ1v) is 7.19. The van der Waals surface area contributed by atoms with Crippen molar-refractivity contribution in [3.63, 3.8) is 0 Å². The fourth-order valence-corrected chi connectivity index (χ4v) is 2.81. The summed E-state index contributed by atoms with van der Waals surface area (Å²) in [4.78, 5) is 32.0. The van der Waals surface area contributed by atoms with Crippen molar-refractivity contribution in [1.29, 1.82) is 5.26 Å². The van der Waals surface area contributed by atoms with Gasteiger partial charge < -0.3 is 0 Å². The Balaban J connectivity index is 2.24. The van der Waals surface area contributed by atoms with E-state index in [9.17, 15) is 14.9 Å². The summed E-state index contributed by atoms with van der Waals surface area (Å²) < 4.78 is 0. The maximum Gasteiger partial charge on any atom is 0.417 e. The summed E-state index contributed by atoms with van der Waals surface area (Å²) in [5.74, 6) is -1.01. The Hall–Kier alpha value is -1.94. The molecule has 3 amide bonds. The van der Waals surface area contributed by atoms with Gasteiger partial charge in [-0.1, -0.05) is 0 Å². The van der Waals surface area contributed by atoms with Crippen LogP contribution in [0.1, 0.15) is 20.3 Å². The molecular formula is C14H22N5O2+. The quantitative estimate of drug-likeness (QED) is 0.679. The molecule has 2 atom stereocenters. The molecule has 2 saturated heterocycles. The fourth-order valence-electron chi connectivity index (χ4n) is 2.81. The second-order valence-electron chi connectivity index (χ2n) is 5.90. The summed E-state index contributed by atoms with van der Waals surface area (Å²) in [6.45, 7) is 6.11. The molecule has 1 N–H and O–H groups in total. The van der Waals surface area contributed by atoms with Crippen molar-refractivity contribution in [3.05, 3.63) is 0 Å². The Morgan fingerprint density at radius 3 is 2.48 bits per heavy atom. The Morgan fingerprint density at radius 2 is 1.95 bits per heavy atom. The SMILES string of the molecule is CC(C)N1CCC([NH+]=C2C(C#N)C(=O)N(C)C(=O)N2C)C1. The number of hydrogen-bond donors (Lipinski definition) is 1. The van der Waals surface area contributed by atoms with Crippen molar-refractivity contribution in [3.8, 4) is 6.07 Å². The number of carbonyl (C=O) groups excluding carboxylic acids is 2. The molecule has 2 aliphatic heterocycles. The summed E-state index contributed by atoms with van der Waals surface area (Å²) in [5, 5.41) is 9.26. The van der Waals surface area contributed by atoms with Gasteiger partial charge in [0.1, 0.15) is 6.04 Å². The molecule has 0 saturated carbocycles. The van der Waals surface area contributed by atoms with Crippen molar-refractivity contribution in [2.45, 2.75) is 32.4 Å². The van der Waals surface area contributed by atoms with E-state index in [4.69, 9.17) is 0 Å². The molecule has 2 fully saturated rings. The maximum absolute atomic E-state index is 12.1. The zero-order valence-electron chi connectivity index (χ0n) is 13.0. The topological polar surface area (TPSA) is 81.6 Å². The molecule has 7 heteroatoms. The van der Waals surface area contributed by atoms with Crippen LogP contribution in [0.5, 0.6) is 0 Å². The third kappa shape index (κ3) is 2.76. The molecule has 2 heterocycles. The number of nitrogens with one attached hydrogen (secondary N) is 1. The van der Waals surface area contributed by atoms with Crippen molar-refractivity contribution in [1.82, 2.24) is 14.7 Å². The lowest BCUT2D eigenvalue weighted by molar-refractivity contribution is -0.505. The molecule has 21 heavy (non-hydrogen) atoms. The Kier molecular flexibility index (Phi) is 4.28. The van der Waals surface area contributed by atoms with Gasteiger partial charge in [-0.2, -0.15) is 10.2 Å². The molecule has 114 valence electrons. The van der Waals surface area contributed by atoms with Gasteiger partial charge in [0.2, 0.25) is 5.92 Å². The van der Waals surface area contributed by atoms with E-state index in [2.05, 4.69) is 23.7 Å². The molecule has 2 unspecified atom stereocenters. The molecule has 0 aromatic carbocycles. The number of carbonyl (C=O) groups is 2. The Labute approximate surface area is 124 Å². The highest BCUT2D eigenvalue weighted by Gasteiger charge is 2.47. The first-order valence-electron chi connectivity index (χ1n) is 7.19. The Morgan fingerprint density at radius 1 is 1.29 bits per heavy atom. The van der Waals surface area contributed by atoms with Crippen molar-refractivity contribution < 1.29 is 14.6 Å². The van der Waals surface area contributed by atoms with E-state index in [0.29, 0.717) is 11.9 Å². The summed E-state index contributed by atoms with van der Waals surface area (Å²) in [6, 6.07) is 2.21. The van der Waals surface area contributed by atoms with Crippen LogP contribution in [0.4, 0.5) is 4.79 Å². The van der Waals surface area contributed by atoms with Crippen LogP contribution in [-0.2, 0) is 4.79 Å². The molecule has 0 aromatic heterocycles. The molecule has 7 nitrogen and oxygen atoms in total. The van der Waals surface area contributed by atoms with E-state index in [1.54, 1.807) is 7.05 Å². The molecule has 2 aliphatic rings. The van der Waals surface area contributed by atoms with Gasteiger partial charge in [0.05, 0.1) is 13.1 Å². The van der Waals surface area contributed by atoms with Gasteiger partial charge >= 0.3 is 6.03 Å². The number of nitrogens with zero attached hydrogens (tertiary/aromatic N) is 4. The zero-order chi connectivity index (χ0) is 15.7. The first kappa shape index (κ1) is 15.4. The smallest absolute Gasteiger partial charge is 0.297 e. The highest BCUT2D eigenvalue weighted by atomic mass is 16.2. The highest BCUT2D eigenvalue weighted by Crippen LogP contribution is 2.14. The lowest BCUT2D eigenvalue weighted by Crippen LogP contribution is -2.86. The predicted octanol–water partition coefficient (Wildman–Crippen LogP) is -1.39. The zero-order valence-corrected chi connectivity index (χ0v) is 13.0. The monoisotopic (exact) mass is 292 g/mol. The number of imide groups is 1. The normalized spacial score (nSPS) is 29.6. The highest BCUT2D eigenvalue weighted by molar-refractivity contribution is 6.17. The summed E-state index contributed by atoms with van der Waals surface area (Å²) in [7, 11) is 2.99. The minimum atomic E-state index is -0.939. The minimum absolute atomic E-state index is 0.157. The lowest BCUT2D eigenvalue weighted by atomic mass is 10.1. The molecular weight excluding hydrogens is 270 g/mol. The number of hydrogen-bond acceptors (Lipinski definition) is 4. The second-order valence-corrected chi connectivity index (χ2v) is 5.90. The number of nitriles is 1. The predicted molar refractivity (Wildman–Crippen MR) is 76.1 cm³/mol. The van der Waals surface area contributed by atoms with E-state index in [0.717, 1.165) is 24.4 Å². The third-order valence-electron chi connectivity index (χ3n) is 4.22. The van der Waals surface area contributed by atoms with Gasteiger partial charge in [0.25, 0.3) is 11.7 Å². The average Bonchev–Trinajstić information content (AvgIpc) is 2.92. The van der Waals surface area contributed by atoms with Gasteiger partial charge in [-0.15, -0.1) is 0 Å². The summed E-state index contributed by atoms with van der Waals surface area (Å²) in [5.41, 5.74) is 0. The van der Waals surface area contributed by atoms with Gasteiger partial charge in [-0.25, -0.2) is 9.69 Å². The molecule has 0 spiro atoms. The number of amidine groups is 1. The van der Waals surface area contributed by atoms with Gasteiger partial charge in [-0.05, 0) is 13.8 Å². The maximum atomic E-state index is 12.1. The van der Waals surface area contributed by atoms with Crippen LogP contribution in [0.2, 0.25) is 0 Å². The molecule has 0 radical (unpaired) electrons. The van der Waals surface area contributed by atoms with Crippen molar-refractivity contribution >= 4 is 17.8 Å². The number of rotatable bonds is 2. The minimum Gasteiger partial charge on any atom is -0.297 e. The largest absolute Gasteiger partial charge is 0.417 e. The van der Waals surface area contributed by atoms with Gasteiger partial charge in [-0.3, -0.25) is 14.7 Å². The van der Waals surface area contributed by atoms with E-state index in [1.807, 2.05) is 6.07 Å². The van der Waals surface area contributed by atoms with Crippen LogP contribution in [0.25, 0.3) is 0 Å². The van der Waals surface area contributed by atoms with Crippen molar-refractivity contribution in [2.24, 2.45) is 5.92 Å². The van der Waals surface area contributed by atoms with Gasteiger partial charge in [0.15, 0.2) is 0 Å². The van der Waals surface area contributed by atoms with Crippen LogP contribution in [0.3, 0.4) is 0 Å². The van der Waals surface area contributed by atoms with Crippen LogP contribution in [0.15, 0.2) is 0 Å². The summed E-state index contributed by atoms with van der Waals surface area (Å²) in [6.07, 6.45) is 0.936. The molecule has 0 bridgehead atoms. The van der Waals surface area contributed by atoms with E-state index in [-0.39, 0.29) is 6.04 Å². The van der Waals surface area contributed by atoms with Crippen LogP contribution in [-0.4, -0.2) is 71.7 Å². The number of amides is 3. The number of likely N-dealkylation sites (tertiary alicyclic amines) is 1. The Bertz CT molecular complexity index is 522. The lowest BCUT2D eigenvalue weighted by Gasteiger charge is -2.27. The number of urea groups is 1. The third-order valence-corrected chi connectivity index (χ3v) is 4.22. The molecule has 0 aliphatic carbocycles. The standard InChI is InChI=1S/C14H21N5O2/c1-9(2)19-6-5-10(8-19)16-12-11(7-15)13(20)18(4)14(21)17(12)3/h9-11H,5-6,8H2,1-4H3/p+1. The average molecular weight is 292 g/mol. The van der Waals surface area contributed by atoms with Crippen LogP contribution >= 0.6 is 0 Å². The second kappa shape index (κ2) is 5.82. The van der Waals surface area contributed by atoms with Crippen LogP contribution < -0.4 is 4.99 Å². The van der Waals surface area contributed by atoms with E-state index < -0.39 is 17.9 Å². The fraction of sp³-hybridized carbons (Fsp3) is 0.714. The van der Waals surface area contributed by atoms with Crippen LogP contribution in [0, 0.1) is 17.2 Å². The first-order chi connectivity index (χ1) is 9.86. The summed E-state index contributed by atoms with van der Waals surface area (Å²) >= 11 is 0. The molecule has 0 aromatic rings. The van der Waals surface area contributed by atoms with E-state index >= 15 is 0 Å². The van der Waals surface area contributed by atoms with Crippen molar-refractivity contribution in [2.75, 3.05) is 27.2 Å². The van der Waals surface area contributed by atoms with Gasteiger partial charge in [0, 0.05) is 32.6 Å². The molecule has 2 rings (SSSR count).